The van der Waals surface area contributed by atoms with Crippen LogP contribution in [0.25, 0.3) is 0 Å². The van der Waals surface area contributed by atoms with Crippen molar-refractivity contribution in [3.05, 3.63) is 71.3 Å². The van der Waals surface area contributed by atoms with E-state index in [2.05, 4.69) is 5.32 Å². The summed E-state index contributed by atoms with van der Waals surface area (Å²) in [4.78, 5) is 12.2. The first kappa shape index (κ1) is 16.5. The molecule has 0 aromatic heterocycles. The maximum absolute atomic E-state index is 13.4. The van der Waals surface area contributed by atoms with Crippen LogP contribution in [0.4, 0.5) is 8.78 Å². The van der Waals surface area contributed by atoms with E-state index in [1.165, 1.54) is 6.07 Å². The molecule has 3 atom stereocenters. The van der Waals surface area contributed by atoms with Gasteiger partial charge in [-0.15, -0.1) is 0 Å². The van der Waals surface area contributed by atoms with Crippen molar-refractivity contribution in [2.45, 2.75) is 24.7 Å². The van der Waals surface area contributed by atoms with Crippen LogP contribution in [0, 0.1) is 11.6 Å². The Kier molecular flexibility index (Phi) is 4.87. The Hall–Kier alpha value is -2.31. The third-order valence-electron chi connectivity index (χ3n) is 4.06. The third kappa shape index (κ3) is 3.44. The van der Waals surface area contributed by atoms with Crippen LogP contribution in [0.2, 0.25) is 0 Å². The number of benzene rings is 2. The maximum atomic E-state index is 13.4. The molecule has 1 aliphatic rings. The van der Waals surface area contributed by atoms with E-state index in [1.54, 1.807) is 30.3 Å². The summed E-state index contributed by atoms with van der Waals surface area (Å²) in [5.74, 6) is -2.45. The number of rotatable bonds is 4. The van der Waals surface area contributed by atoms with E-state index in [9.17, 15) is 18.7 Å². The molecule has 1 amide bonds. The van der Waals surface area contributed by atoms with Crippen LogP contribution in [0.5, 0.6) is 0 Å². The maximum Gasteiger partial charge on any atom is 0.253 e. The van der Waals surface area contributed by atoms with Crippen molar-refractivity contribution in [1.82, 2.24) is 5.32 Å². The molecule has 3 rings (SSSR count). The minimum atomic E-state index is -1.29. The highest BCUT2D eigenvalue weighted by atomic mass is 19.2. The number of carbonyl (C=O) groups excluding carboxylic acids is 1. The lowest BCUT2D eigenvalue weighted by Crippen LogP contribution is -2.39. The molecule has 2 N–H and O–H groups in total. The summed E-state index contributed by atoms with van der Waals surface area (Å²) < 4.78 is 32.0. The topological polar surface area (TPSA) is 58.6 Å². The number of amides is 1. The summed E-state index contributed by atoms with van der Waals surface area (Å²) in [7, 11) is 0. The van der Waals surface area contributed by atoms with Crippen LogP contribution in [-0.2, 0) is 9.53 Å². The van der Waals surface area contributed by atoms with Gasteiger partial charge in [0.05, 0.1) is 6.04 Å². The highest BCUT2D eigenvalue weighted by Gasteiger charge is 2.33. The second kappa shape index (κ2) is 7.07. The monoisotopic (exact) mass is 333 g/mol. The Morgan fingerprint density at radius 1 is 1.17 bits per heavy atom. The first-order valence-electron chi connectivity index (χ1n) is 7.66. The van der Waals surface area contributed by atoms with Gasteiger partial charge in [0.2, 0.25) is 0 Å². The lowest BCUT2D eigenvalue weighted by atomic mass is 10.0. The number of carbonyl (C=O) groups is 1. The van der Waals surface area contributed by atoms with E-state index < -0.39 is 35.8 Å². The average molecular weight is 333 g/mol. The van der Waals surface area contributed by atoms with E-state index in [0.29, 0.717) is 24.2 Å². The zero-order chi connectivity index (χ0) is 17.1. The molecular formula is C18H17F2NO3. The fraction of sp³-hybridized carbons (Fsp3) is 0.278. The van der Waals surface area contributed by atoms with E-state index in [4.69, 9.17) is 4.74 Å². The molecule has 6 heteroatoms. The molecule has 2 aromatic rings. The summed E-state index contributed by atoms with van der Waals surface area (Å²) in [5, 5.41) is 12.9. The van der Waals surface area contributed by atoms with Crippen molar-refractivity contribution in [3.63, 3.8) is 0 Å². The summed E-state index contributed by atoms with van der Waals surface area (Å²) in [6.45, 7) is 0.385. The molecule has 126 valence electrons. The Labute approximate surface area is 138 Å². The summed E-state index contributed by atoms with van der Waals surface area (Å²) in [6, 6.07) is 11.7. The molecule has 0 radical (unpaired) electrons. The van der Waals surface area contributed by atoms with Gasteiger partial charge in [-0.1, -0.05) is 36.4 Å². The number of ether oxygens (including phenoxy) is 1. The SMILES string of the molecule is O=C(NC1CCOC1c1ccc(F)c(F)c1)C(O)c1ccccc1. The number of hydrogen-bond acceptors (Lipinski definition) is 3. The number of aliphatic hydroxyl groups excluding tert-OH is 1. The van der Waals surface area contributed by atoms with Crippen molar-refractivity contribution >= 4 is 5.91 Å². The molecule has 3 unspecified atom stereocenters. The van der Waals surface area contributed by atoms with Crippen LogP contribution in [-0.4, -0.2) is 23.7 Å². The molecule has 1 aliphatic heterocycles. The lowest BCUT2D eigenvalue weighted by molar-refractivity contribution is -0.130. The predicted octanol–water partition coefficient (Wildman–Crippen LogP) is 2.64. The van der Waals surface area contributed by atoms with Gasteiger partial charge >= 0.3 is 0 Å². The zero-order valence-electron chi connectivity index (χ0n) is 12.8. The molecule has 1 fully saturated rings. The van der Waals surface area contributed by atoms with E-state index in [1.807, 2.05) is 0 Å². The minimum Gasteiger partial charge on any atom is -0.378 e. The van der Waals surface area contributed by atoms with Crippen LogP contribution >= 0.6 is 0 Å². The largest absolute Gasteiger partial charge is 0.378 e. The Balaban J connectivity index is 1.71. The fourth-order valence-electron chi connectivity index (χ4n) is 2.80. The molecule has 0 spiro atoms. The molecule has 4 nitrogen and oxygen atoms in total. The molecule has 0 bridgehead atoms. The normalized spacial score (nSPS) is 21.5. The standard InChI is InChI=1S/C18H17F2NO3/c19-13-7-6-12(10-14(13)20)17-15(8-9-24-17)21-18(23)16(22)11-4-2-1-3-5-11/h1-7,10,15-17,22H,8-9H2,(H,21,23). The highest BCUT2D eigenvalue weighted by molar-refractivity contribution is 5.82. The summed E-state index contributed by atoms with van der Waals surface area (Å²) in [5.41, 5.74) is 0.934. The molecule has 1 heterocycles. The summed E-state index contributed by atoms with van der Waals surface area (Å²) in [6.07, 6.45) is -1.35. The van der Waals surface area contributed by atoms with Crippen LogP contribution in [0.3, 0.4) is 0 Å². The minimum absolute atomic E-state index is 0.385. The van der Waals surface area contributed by atoms with Gasteiger partial charge in [0, 0.05) is 6.61 Å². The smallest absolute Gasteiger partial charge is 0.253 e. The van der Waals surface area contributed by atoms with Gasteiger partial charge in [0.1, 0.15) is 6.10 Å². The summed E-state index contributed by atoms with van der Waals surface area (Å²) >= 11 is 0. The van der Waals surface area contributed by atoms with Gasteiger partial charge in [-0.05, 0) is 29.7 Å². The first-order chi connectivity index (χ1) is 11.6. The zero-order valence-corrected chi connectivity index (χ0v) is 12.8. The van der Waals surface area contributed by atoms with Gasteiger partial charge in [-0.25, -0.2) is 8.78 Å². The van der Waals surface area contributed by atoms with E-state index in [-0.39, 0.29) is 0 Å². The number of aliphatic hydroxyl groups is 1. The van der Waals surface area contributed by atoms with Gasteiger partial charge in [-0.3, -0.25) is 4.79 Å². The Morgan fingerprint density at radius 3 is 2.62 bits per heavy atom. The van der Waals surface area contributed by atoms with E-state index in [0.717, 1.165) is 12.1 Å². The average Bonchev–Trinajstić information content (AvgIpc) is 3.05. The Bertz CT molecular complexity index is 723. The molecule has 24 heavy (non-hydrogen) atoms. The first-order valence-corrected chi connectivity index (χ1v) is 7.66. The second-order valence-electron chi connectivity index (χ2n) is 5.68. The van der Waals surface area contributed by atoms with Crippen LogP contribution in [0.1, 0.15) is 29.8 Å². The van der Waals surface area contributed by atoms with Crippen LogP contribution in [0.15, 0.2) is 48.5 Å². The lowest BCUT2D eigenvalue weighted by Gasteiger charge is -2.22. The number of hydrogen-bond donors (Lipinski definition) is 2. The third-order valence-corrected chi connectivity index (χ3v) is 4.06. The van der Waals surface area contributed by atoms with Crippen molar-refractivity contribution in [2.75, 3.05) is 6.61 Å². The highest BCUT2D eigenvalue weighted by Crippen LogP contribution is 2.30. The second-order valence-corrected chi connectivity index (χ2v) is 5.68. The van der Waals surface area contributed by atoms with Crippen molar-refractivity contribution in [3.8, 4) is 0 Å². The molecule has 1 saturated heterocycles. The van der Waals surface area contributed by atoms with Gasteiger partial charge in [0.15, 0.2) is 17.7 Å². The van der Waals surface area contributed by atoms with Gasteiger partial charge < -0.3 is 15.2 Å². The quantitative estimate of drug-likeness (QED) is 0.904. The van der Waals surface area contributed by atoms with Crippen molar-refractivity contribution < 1.29 is 23.4 Å². The van der Waals surface area contributed by atoms with Crippen molar-refractivity contribution in [1.29, 1.82) is 0 Å². The molecule has 0 saturated carbocycles. The van der Waals surface area contributed by atoms with Gasteiger partial charge in [0.25, 0.3) is 5.91 Å². The predicted molar refractivity (Wildman–Crippen MR) is 83.0 cm³/mol. The van der Waals surface area contributed by atoms with Crippen LogP contribution < -0.4 is 5.32 Å². The Morgan fingerprint density at radius 2 is 1.92 bits per heavy atom. The fourth-order valence-corrected chi connectivity index (χ4v) is 2.80. The number of nitrogens with one attached hydrogen (secondary N) is 1. The van der Waals surface area contributed by atoms with E-state index >= 15 is 0 Å². The van der Waals surface area contributed by atoms with Crippen molar-refractivity contribution in [2.24, 2.45) is 0 Å². The number of halogens is 2. The molecule has 0 aliphatic carbocycles. The molecule has 2 aromatic carbocycles. The van der Waals surface area contributed by atoms with Gasteiger partial charge in [-0.2, -0.15) is 0 Å². The molecular weight excluding hydrogens is 316 g/mol.